The number of hydrogen-bond donors (Lipinski definition) is 6. The van der Waals surface area contributed by atoms with Gasteiger partial charge in [-0.05, 0) is 60.7 Å². The van der Waals surface area contributed by atoms with Gasteiger partial charge in [-0.3, -0.25) is 13.7 Å². The molecule has 0 spiro atoms. The second-order valence-electron chi connectivity index (χ2n) is 11.9. The highest BCUT2D eigenvalue weighted by atomic mass is 32.2. The standard InChI is InChI=1S/C32H30N10O14S4/c1-53-27-16-21(40-39-20-5-3-7-24(15-20)59(47,48)49)8-10-25(27)33-30-35-31(37-32(36-30)42-18-29(42)60(50,51)52)34-26-11-9-22(17-28(26)54-12-13-58(44,45)46)41-38-19-4-2-6-23(14-19)57-56-55-43/h2-11,14-17,29,43H,12-13,18H2,1H3,(H,44,45,46)(H,47,48,49)(H,50,51,52)(H2,33,34,35,36,37). The summed E-state index contributed by atoms with van der Waals surface area (Å²) in [6, 6.07) is 20.6. The molecule has 0 radical (unpaired) electrons. The van der Waals surface area contributed by atoms with Crippen molar-refractivity contribution in [2.45, 2.75) is 15.2 Å². The highest BCUT2D eigenvalue weighted by molar-refractivity contribution is 7.94. The van der Waals surface area contributed by atoms with Gasteiger partial charge in [0.05, 0.1) is 64.7 Å². The monoisotopic (exact) mass is 906 g/mol. The van der Waals surface area contributed by atoms with E-state index in [0.29, 0.717) is 22.6 Å². The molecule has 6 rings (SSSR count). The fourth-order valence-corrected chi connectivity index (χ4v) is 6.91. The Morgan fingerprint density at radius 3 is 1.87 bits per heavy atom. The summed E-state index contributed by atoms with van der Waals surface area (Å²) in [6.45, 7) is -0.642. The molecule has 24 nitrogen and oxygen atoms in total. The third-order valence-electron chi connectivity index (χ3n) is 7.69. The van der Waals surface area contributed by atoms with Crippen LogP contribution in [-0.2, 0) is 39.7 Å². The number of ether oxygens (including phenoxy) is 2. The van der Waals surface area contributed by atoms with E-state index in [0.717, 1.165) is 6.07 Å². The van der Waals surface area contributed by atoms with E-state index >= 15 is 0 Å². The van der Waals surface area contributed by atoms with Gasteiger partial charge in [0.25, 0.3) is 30.4 Å². The third kappa shape index (κ3) is 12.3. The van der Waals surface area contributed by atoms with E-state index in [9.17, 15) is 38.9 Å². The van der Waals surface area contributed by atoms with Gasteiger partial charge in [-0.25, -0.2) is 5.26 Å². The molecule has 0 saturated carbocycles. The number of aromatic nitrogens is 3. The van der Waals surface area contributed by atoms with Crippen molar-refractivity contribution in [3.05, 3.63) is 84.9 Å². The number of nitrogens with zero attached hydrogens (tertiary/aromatic N) is 8. The summed E-state index contributed by atoms with van der Waals surface area (Å²) in [5.74, 6) is -1.06. The molecule has 1 unspecified atom stereocenters. The van der Waals surface area contributed by atoms with Gasteiger partial charge in [-0.1, -0.05) is 17.2 Å². The predicted octanol–water partition coefficient (Wildman–Crippen LogP) is 6.17. The van der Waals surface area contributed by atoms with Crippen LogP contribution < -0.4 is 25.0 Å². The number of rotatable bonds is 19. The van der Waals surface area contributed by atoms with Gasteiger partial charge in [0.1, 0.15) is 23.9 Å². The van der Waals surface area contributed by atoms with E-state index < -0.39 is 48.1 Å². The van der Waals surface area contributed by atoms with Crippen molar-refractivity contribution in [1.82, 2.24) is 15.0 Å². The number of anilines is 5. The average Bonchev–Trinajstić information content (AvgIpc) is 4.02. The fourth-order valence-electron chi connectivity index (χ4n) is 4.92. The van der Waals surface area contributed by atoms with Crippen molar-refractivity contribution < 1.29 is 63.0 Å². The van der Waals surface area contributed by atoms with Gasteiger partial charge in [-0.15, -0.1) is 4.33 Å². The Kier molecular flexibility index (Phi) is 13.5. The third-order valence-corrected chi connectivity index (χ3v) is 10.9. The van der Waals surface area contributed by atoms with Crippen molar-refractivity contribution in [2.24, 2.45) is 20.5 Å². The van der Waals surface area contributed by atoms with Crippen LogP contribution in [0.4, 0.5) is 52.0 Å². The highest BCUT2D eigenvalue weighted by Gasteiger charge is 2.46. The molecular formula is C32H30N10O14S4. The second-order valence-corrected chi connectivity index (χ2v) is 17.3. The van der Waals surface area contributed by atoms with Crippen molar-refractivity contribution in [2.75, 3.05) is 41.5 Å². The summed E-state index contributed by atoms with van der Waals surface area (Å²) in [4.78, 5) is 14.3. The van der Waals surface area contributed by atoms with Gasteiger partial charge in [-0.2, -0.15) is 60.7 Å². The van der Waals surface area contributed by atoms with Crippen LogP contribution in [0.25, 0.3) is 0 Å². The van der Waals surface area contributed by atoms with Crippen LogP contribution in [0, 0.1) is 0 Å². The first-order chi connectivity index (χ1) is 28.5. The second kappa shape index (κ2) is 18.5. The molecular weight excluding hydrogens is 877 g/mol. The average molecular weight is 907 g/mol. The lowest BCUT2D eigenvalue weighted by molar-refractivity contribution is -0.432. The molecule has 0 aliphatic carbocycles. The SMILES string of the molecule is COc1cc(N=Nc2cccc(S(=O)(=O)O)c2)ccc1Nc1nc(Nc2ccc(N=Nc3cccc(SOOO)c3)cc2OCCS(=O)(=O)O)nc(N2CC2S(=O)(=O)O)n1. The number of hydrogen-bond acceptors (Lipinski definition) is 22. The molecule has 28 heteroatoms. The Hall–Kier alpha value is -5.95. The summed E-state index contributed by atoms with van der Waals surface area (Å²) in [5, 5.41) is 33.0. The minimum absolute atomic E-state index is 0.00282. The maximum Gasteiger partial charge on any atom is 0.294 e. The van der Waals surface area contributed by atoms with E-state index in [1.165, 1.54) is 66.6 Å². The van der Waals surface area contributed by atoms with Crippen LogP contribution in [0.5, 0.6) is 11.5 Å². The molecule has 6 N–H and O–H groups in total. The van der Waals surface area contributed by atoms with Crippen molar-refractivity contribution in [1.29, 1.82) is 0 Å². The first-order valence-electron chi connectivity index (χ1n) is 16.6. The zero-order chi connectivity index (χ0) is 43.1. The van der Waals surface area contributed by atoms with Gasteiger partial charge in [0.2, 0.25) is 17.8 Å². The van der Waals surface area contributed by atoms with Gasteiger partial charge in [0.15, 0.2) is 5.37 Å². The Labute approximate surface area is 344 Å². The first kappa shape index (κ1) is 43.6. The summed E-state index contributed by atoms with van der Waals surface area (Å²) in [7, 11) is -12.0. The molecule has 1 aromatic heterocycles. The van der Waals surface area contributed by atoms with Gasteiger partial charge in [0, 0.05) is 17.0 Å². The predicted molar refractivity (Wildman–Crippen MR) is 212 cm³/mol. The lowest BCUT2D eigenvalue weighted by atomic mass is 10.2. The molecule has 4 aromatic carbocycles. The molecule has 1 aliphatic heterocycles. The first-order valence-corrected chi connectivity index (χ1v) is 21.9. The maximum atomic E-state index is 11.9. The molecule has 0 bridgehead atoms. The van der Waals surface area contributed by atoms with Gasteiger partial charge >= 0.3 is 0 Å². The summed E-state index contributed by atoms with van der Waals surface area (Å²) < 4.78 is 114. The summed E-state index contributed by atoms with van der Waals surface area (Å²) in [6.07, 6.45) is 0. The maximum absolute atomic E-state index is 11.9. The molecule has 1 aliphatic rings. The molecule has 0 amide bonds. The number of benzene rings is 4. The molecule has 1 saturated heterocycles. The van der Waals surface area contributed by atoms with Crippen LogP contribution in [0.2, 0.25) is 0 Å². The zero-order valence-electron chi connectivity index (χ0n) is 30.4. The quantitative estimate of drug-likeness (QED) is 0.0135. The van der Waals surface area contributed by atoms with Crippen LogP contribution in [0.1, 0.15) is 0 Å². The number of azo groups is 2. The smallest absolute Gasteiger partial charge is 0.294 e. The van der Waals surface area contributed by atoms with Crippen molar-refractivity contribution in [3.63, 3.8) is 0 Å². The highest BCUT2D eigenvalue weighted by Crippen LogP contribution is 2.37. The Bertz CT molecular complexity index is 2780. The number of methoxy groups -OCH3 is 1. The van der Waals surface area contributed by atoms with Crippen molar-refractivity contribution in [3.8, 4) is 11.5 Å². The minimum Gasteiger partial charge on any atom is -0.494 e. The lowest BCUT2D eigenvalue weighted by Crippen LogP contribution is -2.15. The van der Waals surface area contributed by atoms with Crippen LogP contribution >= 0.6 is 12.0 Å². The van der Waals surface area contributed by atoms with Crippen LogP contribution in [0.3, 0.4) is 0 Å². The molecule has 1 atom stereocenters. The van der Waals surface area contributed by atoms with Crippen molar-refractivity contribution >= 4 is 94.4 Å². The molecule has 2 heterocycles. The Morgan fingerprint density at radius 2 is 1.32 bits per heavy atom. The van der Waals surface area contributed by atoms with Crippen LogP contribution in [0.15, 0.2) is 115 Å². The van der Waals surface area contributed by atoms with Crippen LogP contribution in [-0.4, -0.2) is 90.5 Å². The normalized spacial score (nSPS) is 14.4. The molecule has 1 fully saturated rings. The van der Waals surface area contributed by atoms with E-state index in [1.807, 2.05) is 0 Å². The Balaban J connectivity index is 1.29. The molecule has 60 heavy (non-hydrogen) atoms. The zero-order valence-corrected chi connectivity index (χ0v) is 33.6. The topological polar surface area (TPSA) is 335 Å². The minimum atomic E-state index is -4.52. The van der Waals surface area contributed by atoms with E-state index in [-0.39, 0.29) is 69.2 Å². The van der Waals surface area contributed by atoms with E-state index in [1.54, 1.807) is 24.3 Å². The largest absolute Gasteiger partial charge is 0.494 e. The summed E-state index contributed by atoms with van der Waals surface area (Å²) >= 11 is 0.714. The van der Waals surface area contributed by atoms with E-state index in [4.69, 9.17) is 14.7 Å². The van der Waals surface area contributed by atoms with E-state index in [2.05, 4.69) is 55.4 Å². The van der Waals surface area contributed by atoms with Gasteiger partial charge < -0.3 is 25.0 Å². The summed E-state index contributed by atoms with van der Waals surface area (Å²) in [5.41, 5.74) is 1.46. The fraction of sp³-hybridized carbons (Fsp3) is 0.156. The molecule has 316 valence electrons. The lowest BCUT2D eigenvalue weighted by Gasteiger charge is -2.15. The number of nitrogens with one attached hydrogen (secondary N) is 2. The Morgan fingerprint density at radius 1 is 0.750 bits per heavy atom. The molecule has 5 aromatic rings.